The second-order valence-electron chi connectivity index (χ2n) is 6.08. The van der Waals surface area contributed by atoms with Crippen LogP contribution >= 0.6 is 0 Å². The quantitative estimate of drug-likeness (QED) is 0.639. The minimum Gasteiger partial charge on any atom is -0.481 e. The van der Waals surface area contributed by atoms with Gasteiger partial charge in [0.2, 0.25) is 0 Å². The maximum absolute atomic E-state index is 11.8. The molecule has 1 fully saturated rings. The Hall–Kier alpha value is -2.08. The van der Waals surface area contributed by atoms with Crippen molar-refractivity contribution in [3.8, 4) is 0 Å². The molecule has 0 saturated heterocycles. The number of aliphatic carboxylic acids is 1. The lowest BCUT2D eigenvalue weighted by molar-refractivity contribution is -0.142. The number of urea groups is 1. The van der Waals surface area contributed by atoms with Gasteiger partial charge >= 0.3 is 12.0 Å². The van der Waals surface area contributed by atoms with Gasteiger partial charge in [0.15, 0.2) is 0 Å². The first kappa shape index (κ1) is 17.3. The number of nitrogens with one attached hydrogen (secondary N) is 2. The number of hydrogen-bond acceptors (Lipinski definition) is 3. The molecular weight excluding hydrogens is 296 g/mol. The van der Waals surface area contributed by atoms with Gasteiger partial charge in [-0.3, -0.25) is 4.79 Å². The van der Waals surface area contributed by atoms with Gasteiger partial charge in [-0.15, -0.1) is 0 Å². The normalized spacial score (nSPS) is 22.1. The second kappa shape index (κ2) is 8.53. The molecule has 6 nitrogen and oxygen atoms in total. The van der Waals surface area contributed by atoms with Gasteiger partial charge in [0, 0.05) is 19.0 Å². The topological polar surface area (TPSA) is 98.7 Å². The molecule has 0 aromatic heterocycles. The Morgan fingerprint density at radius 2 is 1.78 bits per heavy atom. The minimum absolute atomic E-state index is 0.0110. The van der Waals surface area contributed by atoms with Crippen LogP contribution in [0.25, 0.3) is 0 Å². The van der Waals surface area contributed by atoms with E-state index in [-0.39, 0.29) is 24.5 Å². The van der Waals surface area contributed by atoms with Gasteiger partial charge in [0.05, 0.1) is 12.0 Å². The van der Waals surface area contributed by atoms with Crippen molar-refractivity contribution in [3.05, 3.63) is 35.9 Å². The van der Waals surface area contributed by atoms with Gasteiger partial charge in [0.25, 0.3) is 0 Å². The number of rotatable bonds is 6. The maximum atomic E-state index is 11.8. The zero-order chi connectivity index (χ0) is 16.7. The average molecular weight is 320 g/mol. The van der Waals surface area contributed by atoms with E-state index in [1.54, 1.807) is 0 Å². The van der Waals surface area contributed by atoms with E-state index in [0.717, 1.165) is 5.56 Å². The Labute approximate surface area is 135 Å². The van der Waals surface area contributed by atoms with Crippen molar-refractivity contribution in [2.75, 3.05) is 6.54 Å². The number of carboxylic acid groups (broad SMARTS) is 1. The molecule has 1 aliphatic rings. The Morgan fingerprint density at radius 3 is 2.39 bits per heavy atom. The van der Waals surface area contributed by atoms with Crippen molar-refractivity contribution >= 4 is 12.0 Å². The first-order chi connectivity index (χ1) is 11.0. The van der Waals surface area contributed by atoms with E-state index in [1.807, 2.05) is 30.3 Å². The Kier molecular flexibility index (Phi) is 6.40. The van der Waals surface area contributed by atoms with Crippen molar-refractivity contribution < 1.29 is 19.8 Å². The molecule has 2 rings (SSSR count). The fraction of sp³-hybridized carbons (Fsp3) is 0.529. The summed E-state index contributed by atoms with van der Waals surface area (Å²) in [7, 11) is 0. The predicted octanol–water partition coefficient (Wildman–Crippen LogP) is 1.53. The van der Waals surface area contributed by atoms with Crippen LogP contribution < -0.4 is 10.6 Å². The van der Waals surface area contributed by atoms with E-state index in [9.17, 15) is 14.7 Å². The SMILES string of the molecule is O=C(NC[C@H](O)Cc1ccccc1)NC1CCC(C(=O)O)CC1. The standard InChI is InChI=1S/C17H24N2O4/c20-15(10-12-4-2-1-3-5-12)11-18-17(23)19-14-8-6-13(7-9-14)16(21)22/h1-5,13-15,20H,6-11H2,(H,21,22)(H2,18,19,23)/t13?,14?,15-/m1/s1. The first-order valence-electron chi connectivity index (χ1n) is 8.03. The molecule has 1 aromatic carbocycles. The van der Waals surface area contributed by atoms with Crippen LogP contribution in [0.2, 0.25) is 0 Å². The maximum Gasteiger partial charge on any atom is 0.315 e. The summed E-state index contributed by atoms with van der Waals surface area (Å²) in [6.07, 6.45) is 2.40. The third-order valence-corrected chi connectivity index (χ3v) is 4.22. The molecule has 23 heavy (non-hydrogen) atoms. The molecule has 0 spiro atoms. The van der Waals surface area contributed by atoms with Gasteiger partial charge in [-0.05, 0) is 31.2 Å². The van der Waals surface area contributed by atoms with Crippen molar-refractivity contribution in [1.82, 2.24) is 10.6 Å². The average Bonchev–Trinajstić information content (AvgIpc) is 2.54. The largest absolute Gasteiger partial charge is 0.481 e. The molecule has 1 atom stereocenters. The van der Waals surface area contributed by atoms with E-state index in [2.05, 4.69) is 10.6 Å². The zero-order valence-electron chi connectivity index (χ0n) is 13.1. The van der Waals surface area contributed by atoms with E-state index >= 15 is 0 Å². The number of aliphatic hydroxyl groups is 1. The first-order valence-corrected chi connectivity index (χ1v) is 8.03. The van der Waals surface area contributed by atoms with Gasteiger partial charge in [0.1, 0.15) is 0 Å². The molecule has 0 heterocycles. The van der Waals surface area contributed by atoms with Gasteiger partial charge in [-0.1, -0.05) is 30.3 Å². The summed E-state index contributed by atoms with van der Waals surface area (Å²) in [6.45, 7) is 0.186. The summed E-state index contributed by atoms with van der Waals surface area (Å²) >= 11 is 0. The lowest BCUT2D eigenvalue weighted by Gasteiger charge is -2.27. The lowest BCUT2D eigenvalue weighted by Crippen LogP contribution is -2.46. The van der Waals surface area contributed by atoms with Crippen molar-refractivity contribution in [1.29, 1.82) is 0 Å². The molecule has 1 aromatic rings. The van der Waals surface area contributed by atoms with Crippen molar-refractivity contribution in [3.63, 3.8) is 0 Å². The second-order valence-corrected chi connectivity index (χ2v) is 6.08. The third-order valence-electron chi connectivity index (χ3n) is 4.22. The van der Waals surface area contributed by atoms with E-state index in [4.69, 9.17) is 5.11 Å². The van der Waals surface area contributed by atoms with E-state index < -0.39 is 12.1 Å². The Balaban J connectivity index is 1.64. The summed E-state index contributed by atoms with van der Waals surface area (Å²) in [5, 5.41) is 24.4. The number of aliphatic hydroxyl groups excluding tert-OH is 1. The molecule has 4 N–H and O–H groups in total. The highest BCUT2D eigenvalue weighted by Gasteiger charge is 2.26. The molecule has 126 valence electrons. The summed E-state index contributed by atoms with van der Waals surface area (Å²) in [5.41, 5.74) is 1.02. The summed E-state index contributed by atoms with van der Waals surface area (Å²) in [6, 6.07) is 9.31. The Morgan fingerprint density at radius 1 is 1.13 bits per heavy atom. The highest BCUT2D eigenvalue weighted by Crippen LogP contribution is 2.24. The number of carbonyl (C=O) groups excluding carboxylic acids is 1. The fourth-order valence-corrected chi connectivity index (χ4v) is 2.89. The number of hydrogen-bond donors (Lipinski definition) is 4. The number of amides is 2. The molecule has 1 aliphatic carbocycles. The zero-order valence-corrected chi connectivity index (χ0v) is 13.1. The van der Waals surface area contributed by atoms with Crippen LogP contribution in [-0.2, 0) is 11.2 Å². The molecular formula is C17H24N2O4. The smallest absolute Gasteiger partial charge is 0.315 e. The van der Waals surface area contributed by atoms with Gasteiger partial charge < -0.3 is 20.8 Å². The van der Waals surface area contributed by atoms with E-state index in [0.29, 0.717) is 32.1 Å². The molecule has 6 heteroatoms. The molecule has 1 saturated carbocycles. The molecule has 0 unspecified atom stereocenters. The summed E-state index contributed by atoms with van der Waals surface area (Å²) < 4.78 is 0. The van der Waals surface area contributed by atoms with Crippen LogP contribution in [0.15, 0.2) is 30.3 Å². The van der Waals surface area contributed by atoms with Crippen molar-refractivity contribution in [2.24, 2.45) is 5.92 Å². The summed E-state index contributed by atoms with van der Waals surface area (Å²) in [4.78, 5) is 22.7. The molecule has 0 bridgehead atoms. The van der Waals surface area contributed by atoms with Crippen LogP contribution in [-0.4, -0.2) is 40.9 Å². The molecule has 2 amide bonds. The van der Waals surface area contributed by atoms with E-state index in [1.165, 1.54) is 0 Å². The van der Waals surface area contributed by atoms with Crippen LogP contribution in [0.5, 0.6) is 0 Å². The van der Waals surface area contributed by atoms with Crippen LogP contribution in [0.1, 0.15) is 31.2 Å². The predicted molar refractivity (Wildman–Crippen MR) is 86.1 cm³/mol. The highest BCUT2D eigenvalue weighted by atomic mass is 16.4. The number of carbonyl (C=O) groups is 2. The Bertz CT molecular complexity index is 513. The number of carboxylic acids is 1. The summed E-state index contributed by atoms with van der Waals surface area (Å²) in [5.74, 6) is -1.04. The van der Waals surface area contributed by atoms with Crippen LogP contribution in [0.3, 0.4) is 0 Å². The van der Waals surface area contributed by atoms with Crippen molar-refractivity contribution in [2.45, 2.75) is 44.2 Å². The molecule has 0 aliphatic heterocycles. The minimum atomic E-state index is -0.753. The lowest BCUT2D eigenvalue weighted by atomic mass is 9.86. The van der Waals surface area contributed by atoms with Gasteiger partial charge in [-0.2, -0.15) is 0 Å². The van der Waals surface area contributed by atoms with Gasteiger partial charge in [-0.25, -0.2) is 4.79 Å². The molecule has 0 radical (unpaired) electrons. The van der Waals surface area contributed by atoms with Crippen LogP contribution in [0, 0.1) is 5.92 Å². The monoisotopic (exact) mass is 320 g/mol. The third kappa shape index (κ3) is 5.90. The van der Waals surface area contributed by atoms with Crippen LogP contribution in [0.4, 0.5) is 4.79 Å². The fourth-order valence-electron chi connectivity index (χ4n) is 2.89. The number of benzene rings is 1. The highest BCUT2D eigenvalue weighted by molar-refractivity contribution is 5.74.